The lowest BCUT2D eigenvalue weighted by molar-refractivity contribution is 0.230. The van der Waals surface area contributed by atoms with Gasteiger partial charge in [0, 0.05) is 36.9 Å². The van der Waals surface area contributed by atoms with Crippen LogP contribution in [0, 0.1) is 0 Å². The third kappa shape index (κ3) is 3.30. The highest BCUT2D eigenvalue weighted by atomic mass is 16.2. The standard InChI is InChI=1S/C15H22N4O/c1-19(2)15(20)18-12-6-7-14-13(9-12)11(10-17-14)5-3-4-8-16/h6-7,9-10,17H,3-5,8,16H2,1-2H3,(H,18,20). The molecule has 0 atom stereocenters. The maximum absolute atomic E-state index is 11.7. The van der Waals surface area contributed by atoms with Crippen molar-refractivity contribution in [2.75, 3.05) is 26.0 Å². The van der Waals surface area contributed by atoms with Gasteiger partial charge in [0.25, 0.3) is 0 Å². The molecule has 0 spiro atoms. The number of hydrogen-bond donors (Lipinski definition) is 3. The van der Waals surface area contributed by atoms with E-state index in [2.05, 4.69) is 10.3 Å². The van der Waals surface area contributed by atoms with E-state index in [1.54, 1.807) is 14.1 Å². The first-order chi connectivity index (χ1) is 9.61. The van der Waals surface area contributed by atoms with Gasteiger partial charge in [-0.1, -0.05) is 0 Å². The Balaban J connectivity index is 2.18. The van der Waals surface area contributed by atoms with Crippen molar-refractivity contribution in [1.29, 1.82) is 0 Å². The van der Waals surface area contributed by atoms with Gasteiger partial charge < -0.3 is 20.9 Å². The molecular weight excluding hydrogens is 252 g/mol. The molecule has 1 heterocycles. The van der Waals surface area contributed by atoms with Gasteiger partial charge >= 0.3 is 6.03 Å². The summed E-state index contributed by atoms with van der Waals surface area (Å²) in [7, 11) is 3.45. The number of benzene rings is 1. The zero-order valence-corrected chi connectivity index (χ0v) is 12.1. The molecule has 20 heavy (non-hydrogen) atoms. The van der Waals surface area contributed by atoms with Crippen molar-refractivity contribution in [1.82, 2.24) is 9.88 Å². The number of nitrogens with two attached hydrogens (primary N) is 1. The van der Waals surface area contributed by atoms with Crippen molar-refractivity contribution in [2.24, 2.45) is 5.73 Å². The fourth-order valence-electron chi connectivity index (χ4n) is 2.16. The van der Waals surface area contributed by atoms with E-state index in [0.29, 0.717) is 0 Å². The van der Waals surface area contributed by atoms with E-state index < -0.39 is 0 Å². The number of H-pyrrole nitrogens is 1. The second-order valence-corrected chi connectivity index (χ2v) is 5.14. The lowest BCUT2D eigenvalue weighted by Crippen LogP contribution is -2.27. The summed E-state index contributed by atoms with van der Waals surface area (Å²) in [6.45, 7) is 0.729. The number of carbonyl (C=O) groups excluding carboxylic acids is 1. The number of aromatic amines is 1. The smallest absolute Gasteiger partial charge is 0.321 e. The molecule has 0 saturated heterocycles. The molecule has 2 aromatic rings. The third-order valence-electron chi connectivity index (χ3n) is 3.33. The van der Waals surface area contributed by atoms with Gasteiger partial charge in [0.1, 0.15) is 0 Å². The molecule has 108 valence electrons. The first-order valence-electron chi connectivity index (χ1n) is 6.90. The highest BCUT2D eigenvalue weighted by Crippen LogP contribution is 2.23. The Hall–Kier alpha value is -2.01. The van der Waals surface area contributed by atoms with E-state index in [1.807, 2.05) is 24.4 Å². The minimum Gasteiger partial charge on any atom is -0.361 e. The molecular formula is C15H22N4O. The zero-order valence-electron chi connectivity index (χ0n) is 12.1. The maximum atomic E-state index is 11.7. The van der Waals surface area contributed by atoms with Crippen LogP contribution >= 0.6 is 0 Å². The summed E-state index contributed by atoms with van der Waals surface area (Å²) in [6.07, 6.45) is 5.16. The second kappa shape index (κ2) is 6.43. The van der Waals surface area contributed by atoms with Gasteiger partial charge in [0.05, 0.1) is 0 Å². The highest BCUT2D eigenvalue weighted by Gasteiger charge is 2.07. The quantitative estimate of drug-likeness (QED) is 0.733. The summed E-state index contributed by atoms with van der Waals surface area (Å²) < 4.78 is 0. The Bertz CT molecular complexity index is 589. The van der Waals surface area contributed by atoms with Crippen LogP contribution < -0.4 is 11.1 Å². The summed E-state index contributed by atoms with van der Waals surface area (Å²) in [4.78, 5) is 16.5. The number of urea groups is 1. The molecule has 0 saturated carbocycles. The Kier molecular flexibility index (Phi) is 4.63. The molecule has 4 N–H and O–H groups in total. The number of fused-ring (bicyclic) bond motifs is 1. The highest BCUT2D eigenvalue weighted by molar-refractivity contribution is 5.93. The van der Waals surface area contributed by atoms with E-state index in [9.17, 15) is 4.79 Å². The van der Waals surface area contributed by atoms with Gasteiger partial charge in [-0.2, -0.15) is 0 Å². The number of nitrogens with one attached hydrogen (secondary N) is 2. The van der Waals surface area contributed by atoms with Gasteiger partial charge in [0.2, 0.25) is 0 Å². The molecule has 2 amide bonds. The van der Waals surface area contributed by atoms with Crippen LogP contribution in [0.25, 0.3) is 10.9 Å². The Morgan fingerprint density at radius 2 is 2.15 bits per heavy atom. The number of aryl methyl sites for hydroxylation is 1. The summed E-state index contributed by atoms with van der Waals surface area (Å²) >= 11 is 0. The molecule has 5 nitrogen and oxygen atoms in total. The molecule has 0 unspecified atom stereocenters. The number of hydrogen-bond acceptors (Lipinski definition) is 2. The number of carbonyl (C=O) groups is 1. The predicted molar refractivity (Wildman–Crippen MR) is 83.0 cm³/mol. The molecule has 2 rings (SSSR count). The fraction of sp³-hybridized carbons (Fsp3) is 0.400. The van der Waals surface area contributed by atoms with Gasteiger partial charge in [-0.15, -0.1) is 0 Å². The van der Waals surface area contributed by atoms with E-state index in [0.717, 1.165) is 37.0 Å². The average molecular weight is 274 g/mol. The van der Waals surface area contributed by atoms with Crippen molar-refractivity contribution in [2.45, 2.75) is 19.3 Å². The van der Waals surface area contributed by atoms with Gasteiger partial charge in [0.15, 0.2) is 0 Å². The van der Waals surface area contributed by atoms with Crippen LogP contribution in [0.2, 0.25) is 0 Å². The normalized spacial score (nSPS) is 10.8. The first kappa shape index (κ1) is 14.4. The largest absolute Gasteiger partial charge is 0.361 e. The van der Waals surface area contributed by atoms with Crippen LogP contribution in [-0.2, 0) is 6.42 Å². The molecule has 0 fully saturated rings. The van der Waals surface area contributed by atoms with Crippen LogP contribution in [-0.4, -0.2) is 36.6 Å². The number of amides is 2. The van der Waals surface area contributed by atoms with E-state index in [4.69, 9.17) is 5.73 Å². The average Bonchev–Trinajstić information content (AvgIpc) is 2.82. The van der Waals surface area contributed by atoms with Crippen molar-refractivity contribution in [3.63, 3.8) is 0 Å². The lowest BCUT2D eigenvalue weighted by atomic mass is 10.1. The van der Waals surface area contributed by atoms with Crippen molar-refractivity contribution in [3.05, 3.63) is 30.0 Å². The molecule has 0 aliphatic rings. The van der Waals surface area contributed by atoms with Crippen molar-refractivity contribution < 1.29 is 4.79 Å². The predicted octanol–water partition coefficient (Wildman–Crippen LogP) is 2.54. The molecule has 0 radical (unpaired) electrons. The van der Waals surface area contributed by atoms with Gasteiger partial charge in [-0.3, -0.25) is 0 Å². The minimum absolute atomic E-state index is 0.121. The number of unbranched alkanes of at least 4 members (excludes halogenated alkanes) is 1. The van der Waals surface area contributed by atoms with Crippen LogP contribution in [0.1, 0.15) is 18.4 Å². The van der Waals surface area contributed by atoms with Crippen molar-refractivity contribution in [3.8, 4) is 0 Å². The van der Waals surface area contributed by atoms with Crippen LogP contribution in [0.4, 0.5) is 10.5 Å². The number of rotatable bonds is 5. The maximum Gasteiger partial charge on any atom is 0.321 e. The molecule has 0 aliphatic heterocycles. The zero-order chi connectivity index (χ0) is 14.5. The Morgan fingerprint density at radius 1 is 1.35 bits per heavy atom. The summed E-state index contributed by atoms with van der Waals surface area (Å²) in [5, 5.41) is 4.04. The van der Waals surface area contributed by atoms with Gasteiger partial charge in [-0.25, -0.2) is 4.79 Å². The summed E-state index contributed by atoms with van der Waals surface area (Å²) in [5.74, 6) is 0. The topological polar surface area (TPSA) is 74.2 Å². The lowest BCUT2D eigenvalue weighted by Gasteiger charge is -2.12. The first-order valence-corrected chi connectivity index (χ1v) is 6.90. The third-order valence-corrected chi connectivity index (χ3v) is 3.33. The fourth-order valence-corrected chi connectivity index (χ4v) is 2.16. The minimum atomic E-state index is -0.121. The molecule has 1 aromatic carbocycles. The molecule has 0 aliphatic carbocycles. The van der Waals surface area contributed by atoms with Crippen LogP contribution in [0.15, 0.2) is 24.4 Å². The summed E-state index contributed by atoms with van der Waals surface area (Å²) in [6, 6.07) is 5.80. The van der Waals surface area contributed by atoms with Crippen molar-refractivity contribution >= 4 is 22.6 Å². The number of anilines is 1. The van der Waals surface area contributed by atoms with Gasteiger partial charge in [-0.05, 0) is 49.6 Å². The van der Waals surface area contributed by atoms with Crippen LogP contribution in [0.5, 0.6) is 0 Å². The van der Waals surface area contributed by atoms with E-state index in [1.165, 1.54) is 15.8 Å². The monoisotopic (exact) mass is 274 g/mol. The van der Waals surface area contributed by atoms with Crippen LogP contribution in [0.3, 0.4) is 0 Å². The van der Waals surface area contributed by atoms with E-state index >= 15 is 0 Å². The van der Waals surface area contributed by atoms with E-state index in [-0.39, 0.29) is 6.03 Å². The Labute approximate surface area is 119 Å². The number of aromatic nitrogens is 1. The number of nitrogens with zero attached hydrogens (tertiary/aromatic N) is 1. The molecule has 1 aromatic heterocycles. The second-order valence-electron chi connectivity index (χ2n) is 5.14. The summed E-state index contributed by atoms with van der Waals surface area (Å²) in [5.41, 5.74) is 8.71. The molecule has 5 heteroatoms. The Morgan fingerprint density at radius 3 is 2.85 bits per heavy atom. The molecule has 0 bridgehead atoms. The SMILES string of the molecule is CN(C)C(=O)Nc1ccc2[nH]cc(CCCCN)c2c1.